The van der Waals surface area contributed by atoms with Crippen LogP contribution in [-0.4, -0.2) is 22.9 Å². The molecule has 7 heteroatoms. The lowest BCUT2D eigenvalue weighted by Crippen LogP contribution is -2.15. The van der Waals surface area contributed by atoms with Crippen molar-refractivity contribution in [3.8, 4) is 5.75 Å². The number of nitrogens with zero attached hydrogens (tertiary/aromatic N) is 2. The highest BCUT2D eigenvalue weighted by molar-refractivity contribution is 6.07. The summed E-state index contributed by atoms with van der Waals surface area (Å²) in [5.74, 6) is -0.271. The molecule has 20 heavy (non-hydrogen) atoms. The van der Waals surface area contributed by atoms with Gasteiger partial charge in [-0.25, -0.2) is 4.98 Å². The number of anilines is 1. The second kappa shape index (κ2) is 5.79. The first-order valence-corrected chi connectivity index (χ1v) is 5.67. The molecule has 102 valence electrons. The number of hydrogen-bond acceptors (Lipinski definition) is 5. The van der Waals surface area contributed by atoms with Gasteiger partial charge in [-0.3, -0.25) is 14.9 Å². The van der Waals surface area contributed by atoms with Crippen LogP contribution in [0.3, 0.4) is 0 Å². The highest BCUT2D eigenvalue weighted by Crippen LogP contribution is 2.30. The number of ether oxygens (including phenoxy) is 1. The number of amides is 1. The van der Waals surface area contributed by atoms with E-state index >= 15 is 0 Å². The topological polar surface area (TPSA) is 94.4 Å². The quantitative estimate of drug-likeness (QED) is 0.681. The molecule has 2 rings (SSSR count). The number of aromatic nitrogens is 1. The number of carbonyl (C=O) groups is 1. The van der Waals surface area contributed by atoms with Crippen LogP contribution in [0.15, 0.2) is 42.6 Å². The third kappa shape index (κ3) is 2.72. The number of pyridine rings is 1. The summed E-state index contributed by atoms with van der Waals surface area (Å²) in [4.78, 5) is 26.5. The first-order valence-electron chi connectivity index (χ1n) is 5.67. The molecule has 1 N–H and O–H groups in total. The van der Waals surface area contributed by atoms with E-state index < -0.39 is 10.8 Å². The lowest BCUT2D eigenvalue weighted by molar-refractivity contribution is -0.386. The number of nitrogens with one attached hydrogen (secondary N) is 1. The minimum Gasteiger partial charge on any atom is -0.490 e. The number of benzene rings is 1. The van der Waals surface area contributed by atoms with Crippen molar-refractivity contribution >= 4 is 17.4 Å². The molecule has 7 nitrogen and oxygen atoms in total. The van der Waals surface area contributed by atoms with E-state index in [1.54, 1.807) is 18.2 Å². The zero-order valence-corrected chi connectivity index (χ0v) is 10.6. The molecule has 0 saturated carbocycles. The van der Waals surface area contributed by atoms with Crippen molar-refractivity contribution in [1.82, 2.24) is 4.98 Å². The molecule has 1 aromatic heterocycles. The molecular formula is C13H11N3O4. The summed E-state index contributed by atoms with van der Waals surface area (Å²) in [5.41, 5.74) is -0.455. The summed E-state index contributed by atoms with van der Waals surface area (Å²) in [7, 11) is 1.31. The molecule has 0 bridgehead atoms. The van der Waals surface area contributed by atoms with Crippen molar-refractivity contribution in [2.45, 2.75) is 0 Å². The molecule has 1 aromatic carbocycles. The zero-order valence-electron chi connectivity index (χ0n) is 10.6. The summed E-state index contributed by atoms with van der Waals surface area (Å²) in [6, 6.07) is 9.28. The predicted molar refractivity (Wildman–Crippen MR) is 71.8 cm³/mol. The lowest BCUT2D eigenvalue weighted by Gasteiger charge is -2.07. The van der Waals surface area contributed by atoms with Gasteiger partial charge in [0.1, 0.15) is 11.4 Å². The van der Waals surface area contributed by atoms with Gasteiger partial charge in [0.05, 0.1) is 12.0 Å². The number of hydrogen-bond donors (Lipinski definition) is 1. The molecule has 0 aliphatic heterocycles. The SMILES string of the molecule is COc1cccc(C(=O)Nc2ccccn2)c1[N+](=O)[O-]. The summed E-state index contributed by atoms with van der Waals surface area (Å²) in [5, 5.41) is 13.6. The fourth-order valence-corrected chi connectivity index (χ4v) is 1.68. The van der Waals surface area contributed by atoms with Gasteiger partial charge in [0, 0.05) is 6.20 Å². The largest absolute Gasteiger partial charge is 0.490 e. The molecular weight excluding hydrogens is 262 g/mol. The van der Waals surface area contributed by atoms with E-state index in [2.05, 4.69) is 10.3 Å². The van der Waals surface area contributed by atoms with Gasteiger partial charge in [0.15, 0.2) is 5.75 Å². The van der Waals surface area contributed by atoms with Crippen molar-refractivity contribution in [1.29, 1.82) is 0 Å². The van der Waals surface area contributed by atoms with E-state index in [1.807, 2.05) is 0 Å². The monoisotopic (exact) mass is 273 g/mol. The van der Waals surface area contributed by atoms with E-state index in [0.29, 0.717) is 5.82 Å². The van der Waals surface area contributed by atoms with E-state index in [0.717, 1.165) is 0 Å². The number of rotatable bonds is 4. The van der Waals surface area contributed by atoms with Gasteiger partial charge in [-0.15, -0.1) is 0 Å². The van der Waals surface area contributed by atoms with Crippen LogP contribution in [0.1, 0.15) is 10.4 Å². The van der Waals surface area contributed by atoms with Gasteiger partial charge in [-0.1, -0.05) is 12.1 Å². The Bertz CT molecular complexity index is 643. The van der Waals surface area contributed by atoms with Gasteiger partial charge < -0.3 is 10.1 Å². The molecule has 0 saturated heterocycles. The van der Waals surface area contributed by atoms with Crippen LogP contribution in [0, 0.1) is 10.1 Å². The molecule has 0 fully saturated rings. The Kier molecular flexibility index (Phi) is 3.90. The minimum atomic E-state index is -0.647. The summed E-state index contributed by atoms with van der Waals surface area (Å²) in [6.07, 6.45) is 1.51. The van der Waals surface area contributed by atoms with Crippen LogP contribution < -0.4 is 10.1 Å². The summed E-state index contributed by atoms with van der Waals surface area (Å²) < 4.78 is 4.91. The van der Waals surface area contributed by atoms with Gasteiger partial charge in [-0.2, -0.15) is 0 Å². The van der Waals surface area contributed by atoms with E-state index in [9.17, 15) is 14.9 Å². The number of methoxy groups -OCH3 is 1. The van der Waals surface area contributed by atoms with Gasteiger partial charge in [0.25, 0.3) is 5.91 Å². The Morgan fingerprint density at radius 3 is 2.70 bits per heavy atom. The second-order valence-electron chi connectivity index (χ2n) is 3.78. The molecule has 1 amide bonds. The smallest absolute Gasteiger partial charge is 0.323 e. The maximum Gasteiger partial charge on any atom is 0.323 e. The highest BCUT2D eigenvalue weighted by Gasteiger charge is 2.25. The van der Waals surface area contributed by atoms with E-state index in [4.69, 9.17) is 4.74 Å². The number of carbonyl (C=O) groups excluding carboxylic acids is 1. The molecule has 0 spiro atoms. The van der Waals surface area contributed by atoms with Gasteiger partial charge in [-0.05, 0) is 24.3 Å². The second-order valence-corrected chi connectivity index (χ2v) is 3.78. The Morgan fingerprint density at radius 2 is 2.10 bits per heavy atom. The maximum atomic E-state index is 12.1. The lowest BCUT2D eigenvalue weighted by atomic mass is 10.1. The van der Waals surface area contributed by atoms with Crippen LogP contribution in [0.4, 0.5) is 11.5 Å². The zero-order chi connectivity index (χ0) is 14.5. The molecule has 0 aliphatic carbocycles. The molecule has 2 aromatic rings. The summed E-state index contributed by atoms with van der Waals surface area (Å²) in [6.45, 7) is 0. The van der Waals surface area contributed by atoms with Crippen LogP contribution in [0.2, 0.25) is 0 Å². The predicted octanol–water partition coefficient (Wildman–Crippen LogP) is 2.25. The molecule has 0 aliphatic rings. The van der Waals surface area contributed by atoms with E-state index in [-0.39, 0.29) is 17.0 Å². The normalized spacial score (nSPS) is 9.85. The molecule has 0 radical (unpaired) electrons. The first kappa shape index (κ1) is 13.5. The third-order valence-corrected chi connectivity index (χ3v) is 2.55. The fourth-order valence-electron chi connectivity index (χ4n) is 1.68. The van der Waals surface area contributed by atoms with Crippen molar-refractivity contribution in [3.05, 3.63) is 58.3 Å². The number of nitro groups is 1. The average molecular weight is 273 g/mol. The minimum absolute atomic E-state index is 0.0312. The van der Waals surface area contributed by atoms with Crippen LogP contribution in [-0.2, 0) is 0 Å². The van der Waals surface area contributed by atoms with Crippen LogP contribution >= 0.6 is 0 Å². The van der Waals surface area contributed by atoms with Crippen molar-refractivity contribution in [2.24, 2.45) is 0 Å². The standard InChI is InChI=1S/C13H11N3O4/c1-20-10-6-4-5-9(12(10)16(18)19)13(17)15-11-7-2-3-8-14-11/h2-8H,1H3,(H,14,15,17). The summed E-state index contributed by atoms with van der Waals surface area (Å²) >= 11 is 0. The Hall–Kier alpha value is -2.96. The fraction of sp³-hybridized carbons (Fsp3) is 0.0769. The number of para-hydroxylation sites is 1. The van der Waals surface area contributed by atoms with Gasteiger partial charge >= 0.3 is 5.69 Å². The van der Waals surface area contributed by atoms with E-state index in [1.165, 1.54) is 31.5 Å². The average Bonchev–Trinajstić information content (AvgIpc) is 2.47. The first-order chi connectivity index (χ1) is 9.63. The van der Waals surface area contributed by atoms with Crippen LogP contribution in [0.5, 0.6) is 5.75 Å². The van der Waals surface area contributed by atoms with Crippen molar-refractivity contribution < 1.29 is 14.5 Å². The molecule has 1 heterocycles. The maximum absolute atomic E-state index is 12.1. The molecule has 0 atom stereocenters. The Balaban J connectivity index is 2.37. The van der Waals surface area contributed by atoms with Crippen LogP contribution in [0.25, 0.3) is 0 Å². The Labute approximate surface area is 114 Å². The van der Waals surface area contributed by atoms with Crippen molar-refractivity contribution in [3.63, 3.8) is 0 Å². The van der Waals surface area contributed by atoms with Gasteiger partial charge in [0.2, 0.25) is 0 Å². The molecule has 0 unspecified atom stereocenters. The third-order valence-electron chi connectivity index (χ3n) is 2.55. The van der Waals surface area contributed by atoms with Crippen molar-refractivity contribution in [2.75, 3.05) is 12.4 Å². The number of nitro benzene ring substituents is 1. The Morgan fingerprint density at radius 1 is 1.30 bits per heavy atom. The highest BCUT2D eigenvalue weighted by atomic mass is 16.6.